The molecule has 3 unspecified atom stereocenters. The molecule has 0 fully saturated rings. The summed E-state index contributed by atoms with van der Waals surface area (Å²) in [5.74, 6) is -0.274. The van der Waals surface area contributed by atoms with Crippen molar-refractivity contribution in [2.24, 2.45) is 0 Å². The molecule has 0 aromatic heterocycles. The molecule has 0 aliphatic carbocycles. The second-order valence-corrected chi connectivity index (χ2v) is 21.3. The van der Waals surface area contributed by atoms with E-state index in [0.29, 0.717) is 12.8 Å². The van der Waals surface area contributed by atoms with E-state index in [1.807, 2.05) is 0 Å². The Balaban J connectivity index is 3.44. The first-order chi connectivity index (χ1) is 32.0. The Morgan fingerprint density at radius 2 is 0.523 bits per heavy atom. The van der Waals surface area contributed by atoms with Crippen LogP contribution >= 0.6 is 0 Å². The lowest BCUT2D eigenvalue weighted by Crippen LogP contribution is -2.46. The number of hydrogen-bond acceptors (Lipinski definition) is 4. The highest BCUT2D eigenvalue weighted by atomic mass is 16.3. The van der Waals surface area contributed by atoms with Crippen LogP contribution in [-0.2, 0) is 4.79 Å². The topological polar surface area (TPSA) is 89.8 Å². The minimum Gasteiger partial charge on any atom is -0.394 e. The van der Waals surface area contributed by atoms with Crippen LogP contribution in [0.15, 0.2) is 0 Å². The van der Waals surface area contributed by atoms with Crippen molar-refractivity contribution >= 4 is 5.91 Å². The van der Waals surface area contributed by atoms with E-state index in [4.69, 9.17) is 0 Å². The molecule has 0 heterocycles. The van der Waals surface area contributed by atoms with Crippen molar-refractivity contribution in [3.05, 3.63) is 0 Å². The van der Waals surface area contributed by atoms with Crippen molar-refractivity contribution in [1.29, 1.82) is 0 Å². The second kappa shape index (κ2) is 55.9. The molecular weight excluding hydrogens is 799 g/mol. The van der Waals surface area contributed by atoms with E-state index >= 15 is 0 Å². The zero-order valence-corrected chi connectivity index (χ0v) is 44.7. The molecule has 390 valence electrons. The number of hydrogen-bond donors (Lipinski definition) is 4. The SMILES string of the molecule is CCCCCCCCCCCCCCCCCCCCCCCCCCCCCCCCCC(O)CC(=O)NC(CO)C(O)CCCCCCCCCCCCCCCCCCCCC. The first kappa shape index (κ1) is 64.3. The molecule has 1 amide bonds. The number of unbranched alkanes of at least 4 members (excludes halogenated alkanes) is 48. The smallest absolute Gasteiger partial charge is 0.222 e. The van der Waals surface area contributed by atoms with Gasteiger partial charge in [-0.1, -0.05) is 335 Å². The van der Waals surface area contributed by atoms with Crippen molar-refractivity contribution < 1.29 is 20.1 Å². The summed E-state index contributed by atoms with van der Waals surface area (Å²) in [5.41, 5.74) is 0. The number of rotatable bonds is 57. The average molecular weight is 921 g/mol. The quantitative estimate of drug-likeness (QED) is 0.0458. The van der Waals surface area contributed by atoms with Crippen LogP contribution < -0.4 is 5.32 Å². The standard InChI is InChI=1S/C60H121NO4/c1-3-5-7-9-11-13-15-17-19-21-23-24-25-26-27-28-29-30-31-32-33-34-36-37-39-41-43-45-47-49-51-53-57(63)55-60(65)61-58(56-62)59(64)54-52-50-48-46-44-42-40-38-35-22-20-18-16-14-12-10-8-6-4-2/h57-59,62-64H,3-56H2,1-2H3,(H,61,65). The van der Waals surface area contributed by atoms with Gasteiger partial charge in [-0.2, -0.15) is 0 Å². The molecule has 0 spiro atoms. The van der Waals surface area contributed by atoms with E-state index < -0.39 is 18.2 Å². The molecule has 0 aliphatic heterocycles. The Morgan fingerprint density at radius 3 is 0.738 bits per heavy atom. The predicted octanol–water partition coefficient (Wildman–Crippen LogP) is 18.9. The first-order valence-corrected chi connectivity index (χ1v) is 30.3. The fourth-order valence-electron chi connectivity index (χ4n) is 10.1. The maximum Gasteiger partial charge on any atom is 0.222 e. The van der Waals surface area contributed by atoms with Crippen molar-refractivity contribution in [2.45, 2.75) is 372 Å². The lowest BCUT2D eigenvalue weighted by atomic mass is 10.0. The van der Waals surface area contributed by atoms with Gasteiger partial charge in [0.15, 0.2) is 0 Å². The van der Waals surface area contributed by atoms with E-state index in [0.717, 1.165) is 25.7 Å². The summed E-state index contributed by atoms with van der Waals surface area (Å²) < 4.78 is 0. The highest BCUT2D eigenvalue weighted by molar-refractivity contribution is 5.76. The van der Waals surface area contributed by atoms with Gasteiger partial charge in [-0.3, -0.25) is 4.79 Å². The van der Waals surface area contributed by atoms with Crippen LogP contribution in [0.5, 0.6) is 0 Å². The van der Waals surface area contributed by atoms with Gasteiger partial charge in [-0.05, 0) is 12.8 Å². The summed E-state index contributed by atoms with van der Waals surface area (Å²) in [6, 6.07) is -0.654. The normalized spacial score (nSPS) is 13.1. The summed E-state index contributed by atoms with van der Waals surface area (Å²) in [4.78, 5) is 12.6. The molecule has 5 heteroatoms. The summed E-state index contributed by atoms with van der Waals surface area (Å²) >= 11 is 0. The monoisotopic (exact) mass is 920 g/mol. The van der Waals surface area contributed by atoms with Crippen LogP contribution in [0, 0.1) is 0 Å². The predicted molar refractivity (Wildman–Crippen MR) is 287 cm³/mol. The maximum absolute atomic E-state index is 12.6. The second-order valence-electron chi connectivity index (χ2n) is 21.3. The maximum atomic E-state index is 12.6. The van der Waals surface area contributed by atoms with E-state index in [-0.39, 0.29) is 18.9 Å². The lowest BCUT2D eigenvalue weighted by molar-refractivity contribution is -0.125. The molecule has 5 nitrogen and oxygen atoms in total. The largest absolute Gasteiger partial charge is 0.394 e. The third-order valence-electron chi connectivity index (χ3n) is 14.7. The Bertz CT molecular complexity index is 883. The molecule has 3 atom stereocenters. The van der Waals surface area contributed by atoms with Crippen molar-refractivity contribution in [3.8, 4) is 0 Å². The zero-order valence-electron chi connectivity index (χ0n) is 44.7. The Kier molecular flexibility index (Phi) is 55.4. The Hall–Kier alpha value is -0.650. The molecule has 4 N–H and O–H groups in total. The number of carbonyl (C=O) groups excluding carboxylic acids is 1. The summed E-state index contributed by atoms with van der Waals surface area (Å²) in [6.45, 7) is 4.31. The molecular formula is C60H121NO4. The summed E-state index contributed by atoms with van der Waals surface area (Å²) in [7, 11) is 0. The van der Waals surface area contributed by atoms with E-state index in [9.17, 15) is 20.1 Å². The molecule has 0 saturated heterocycles. The van der Waals surface area contributed by atoms with Gasteiger partial charge in [-0.15, -0.1) is 0 Å². The average Bonchev–Trinajstić information content (AvgIpc) is 3.30. The molecule has 0 aromatic carbocycles. The van der Waals surface area contributed by atoms with Gasteiger partial charge in [0, 0.05) is 0 Å². The Labute approximate surface area is 408 Å². The van der Waals surface area contributed by atoms with Gasteiger partial charge >= 0.3 is 0 Å². The van der Waals surface area contributed by atoms with Gasteiger partial charge in [0.2, 0.25) is 5.91 Å². The van der Waals surface area contributed by atoms with Crippen LogP contribution in [0.25, 0.3) is 0 Å². The molecule has 0 aliphatic rings. The minimum atomic E-state index is -0.745. The van der Waals surface area contributed by atoms with Crippen LogP contribution in [-0.4, -0.2) is 46.1 Å². The minimum absolute atomic E-state index is 0.0437. The molecule has 0 rings (SSSR count). The van der Waals surface area contributed by atoms with E-state index in [2.05, 4.69) is 19.2 Å². The highest BCUT2D eigenvalue weighted by Gasteiger charge is 2.21. The zero-order chi connectivity index (χ0) is 47.2. The van der Waals surface area contributed by atoms with Crippen molar-refractivity contribution in [3.63, 3.8) is 0 Å². The van der Waals surface area contributed by atoms with E-state index in [1.165, 1.54) is 295 Å². The van der Waals surface area contributed by atoms with Gasteiger partial charge in [0.05, 0.1) is 31.3 Å². The highest BCUT2D eigenvalue weighted by Crippen LogP contribution is 2.19. The van der Waals surface area contributed by atoms with Crippen LogP contribution in [0.3, 0.4) is 0 Å². The molecule has 0 saturated carbocycles. The van der Waals surface area contributed by atoms with Gasteiger partial charge in [0.1, 0.15) is 0 Å². The molecule has 65 heavy (non-hydrogen) atoms. The first-order valence-electron chi connectivity index (χ1n) is 30.3. The van der Waals surface area contributed by atoms with Crippen LogP contribution in [0.4, 0.5) is 0 Å². The number of nitrogens with one attached hydrogen (secondary N) is 1. The number of aliphatic hydroxyl groups is 3. The van der Waals surface area contributed by atoms with Crippen molar-refractivity contribution in [2.75, 3.05) is 6.61 Å². The summed E-state index contributed by atoms with van der Waals surface area (Å²) in [5, 5.41) is 33.7. The molecule has 0 bridgehead atoms. The molecule has 0 aromatic rings. The molecule has 0 radical (unpaired) electrons. The fraction of sp³-hybridized carbons (Fsp3) is 0.983. The fourth-order valence-corrected chi connectivity index (χ4v) is 10.1. The van der Waals surface area contributed by atoms with Gasteiger partial charge in [-0.25, -0.2) is 0 Å². The van der Waals surface area contributed by atoms with Crippen LogP contribution in [0.2, 0.25) is 0 Å². The number of amides is 1. The Morgan fingerprint density at radius 1 is 0.323 bits per heavy atom. The third-order valence-corrected chi connectivity index (χ3v) is 14.7. The van der Waals surface area contributed by atoms with Crippen molar-refractivity contribution in [1.82, 2.24) is 5.32 Å². The van der Waals surface area contributed by atoms with Crippen LogP contribution in [0.1, 0.15) is 354 Å². The van der Waals surface area contributed by atoms with Gasteiger partial charge in [0.25, 0.3) is 0 Å². The lowest BCUT2D eigenvalue weighted by Gasteiger charge is -2.23. The van der Waals surface area contributed by atoms with Gasteiger partial charge < -0.3 is 20.6 Å². The third kappa shape index (κ3) is 52.6. The van der Waals surface area contributed by atoms with E-state index in [1.54, 1.807) is 0 Å². The summed E-state index contributed by atoms with van der Waals surface area (Å²) in [6.07, 6.45) is 68.5. The number of carbonyl (C=O) groups is 1. The number of aliphatic hydroxyl groups excluding tert-OH is 3.